The Hall–Kier alpha value is -0.0800. The van der Waals surface area contributed by atoms with E-state index in [0.717, 1.165) is 12.5 Å². The minimum absolute atomic E-state index is 0.188. The molecule has 0 saturated heterocycles. The second kappa shape index (κ2) is 5.92. The molecule has 0 unspecified atom stereocenters. The average Bonchev–Trinajstić information content (AvgIpc) is 2.70. The van der Waals surface area contributed by atoms with E-state index >= 15 is 0 Å². The summed E-state index contributed by atoms with van der Waals surface area (Å²) in [5.41, 5.74) is 7.07. The highest BCUT2D eigenvalue weighted by molar-refractivity contribution is 4.93. The summed E-state index contributed by atoms with van der Waals surface area (Å²) >= 11 is 0. The van der Waals surface area contributed by atoms with Gasteiger partial charge in [-0.1, -0.05) is 26.7 Å². The third-order valence-electron chi connectivity index (χ3n) is 5.15. The smallest absolute Gasteiger partial charge is 0.0166 e. The number of hydrogen-bond donors (Lipinski definition) is 2. The zero-order valence-corrected chi connectivity index (χ0v) is 12.4. The van der Waals surface area contributed by atoms with E-state index in [1.165, 1.54) is 64.3 Å². The molecule has 0 heterocycles. The Kier molecular flexibility index (Phi) is 4.71. The first-order valence-electron chi connectivity index (χ1n) is 8.03. The van der Waals surface area contributed by atoms with Crippen molar-refractivity contribution in [1.29, 1.82) is 0 Å². The fourth-order valence-electron chi connectivity index (χ4n) is 4.02. The third-order valence-corrected chi connectivity index (χ3v) is 5.15. The first kappa shape index (κ1) is 14.3. The molecule has 2 rings (SSSR count). The Morgan fingerprint density at radius 1 is 1.06 bits per heavy atom. The van der Waals surface area contributed by atoms with Gasteiger partial charge in [0.1, 0.15) is 0 Å². The van der Waals surface area contributed by atoms with E-state index < -0.39 is 0 Å². The summed E-state index contributed by atoms with van der Waals surface area (Å²) in [6, 6.07) is 0. The summed E-state index contributed by atoms with van der Waals surface area (Å²) < 4.78 is 0. The fourth-order valence-corrected chi connectivity index (χ4v) is 4.02. The van der Waals surface area contributed by atoms with Gasteiger partial charge >= 0.3 is 0 Å². The maximum absolute atomic E-state index is 6.27. The molecule has 0 atom stereocenters. The highest BCUT2D eigenvalue weighted by atomic mass is 14.9. The van der Waals surface area contributed by atoms with Crippen LogP contribution in [-0.2, 0) is 0 Å². The van der Waals surface area contributed by atoms with Gasteiger partial charge in [0.05, 0.1) is 0 Å². The van der Waals surface area contributed by atoms with Crippen LogP contribution in [0.2, 0.25) is 0 Å². The quantitative estimate of drug-likeness (QED) is 0.681. The van der Waals surface area contributed by atoms with Gasteiger partial charge in [0.2, 0.25) is 0 Å². The second-order valence-corrected chi connectivity index (χ2v) is 7.45. The second-order valence-electron chi connectivity index (χ2n) is 7.45. The standard InChI is InChI=1S/C16H32N2/c1-14(2)12-15(6-3-4-7-15)13-18-11-10-16(17)8-5-9-16/h14,18H,3-13,17H2,1-2H3. The highest BCUT2D eigenvalue weighted by Gasteiger charge is 2.35. The van der Waals surface area contributed by atoms with E-state index in [0.29, 0.717) is 5.41 Å². The van der Waals surface area contributed by atoms with E-state index in [1.807, 2.05) is 0 Å². The molecule has 106 valence electrons. The average molecular weight is 252 g/mol. The Labute approximate surface area is 113 Å². The van der Waals surface area contributed by atoms with Crippen LogP contribution in [-0.4, -0.2) is 18.6 Å². The van der Waals surface area contributed by atoms with Crippen LogP contribution in [0.15, 0.2) is 0 Å². The van der Waals surface area contributed by atoms with E-state index in [9.17, 15) is 0 Å². The maximum atomic E-state index is 6.27. The van der Waals surface area contributed by atoms with Crippen LogP contribution in [0, 0.1) is 11.3 Å². The summed E-state index contributed by atoms with van der Waals surface area (Å²) in [6.07, 6.45) is 12.1. The molecule has 2 fully saturated rings. The molecule has 2 saturated carbocycles. The van der Waals surface area contributed by atoms with Crippen molar-refractivity contribution in [1.82, 2.24) is 5.32 Å². The van der Waals surface area contributed by atoms with Crippen LogP contribution in [0.3, 0.4) is 0 Å². The number of rotatable bonds is 7. The summed E-state index contributed by atoms with van der Waals surface area (Å²) in [5.74, 6) is 0.831. The van der Waals surface area contributed by atoms with Crippen LogP contribution in [0.25, 0.3) is 0 Å². The molecular weight excluding hydrogens is 220 g/mol. The fraction of sp³-hybridized carbons (Fsp3) is 1.00. The van der Waals surface area contributed by atoms with Gasteiger partial charge in [-0.25, -0.2) is 0 Å². The van der Waals surface area contributed by atoms with E-state index in [1.54, 1.807) is 0 Å². The predicted molar refractivity (Wildman–Crippen MR) is 78.6 cm³/mol. The summed E-state index contributed by atoms with van der Waals surface area (Å²) in [5, 5.41) is 3.72. The molecule has 3 N–H and O–H groups in total. The zero-order chi connectivity index (χ0) is 13.1. The molecule has 0 aromatic heterocycles. The lowest BCUT2D eigenvalue weighted by Gasteiger charge is -2.39. The van der Waals surface area contributed by atoms with E-state index in [-0.39, 0.29) is 5.54 Å². The highest BCUT2D eigenvalue weighted by Crippen LogP contribution is 2.42. The Bertz CT molecular complexity index is 250. The van der Waals surface area contributed by atoms with Crippen molar-refractivity contribution in [2.75, 3.05) is 13.1 Å². The summed E-state index contributed by atoms with van der Waals surface area (Å²) in [4.78, 5) is 0. The van der Waals surface area contributed by atoms with Crippen molar-refractivity contribution in [3.05, 3.63) is 0 Å². The lowest BCUT2D eigenvalue weighted by Crippen LogP contribution is -2.48. The largest absolute Gasteiger partial charge is 0.325 e. The summed E-state index contributed by atoms with van der Waals surface area (Å²) in [6.45, 7) is 7.07. The van der Waals surface area contributed by atoms with Crippen molar-refractivity contribution in [3.63, 3.8) is 0 Å². The van der Waals surface area contributed by atoms with Crippen molar-refractivity contribution < 1.29 is 0 Å². The molecule has 18 heavy (non-hydrogen) atoms. The first-order valence-corrected chi connectivity index (χ1v) is 8.03. The van der Waals surface area contributed by atoms with E-state index in [2.05, 4.69) is 19.2 Å². The maximum Gasteiger partial charge on any atom is 0.0166 e. The van der Waals surface area contributed by atoms with Crippen LogP contribution < -0.4 is 11.1 Å². The molecule has 0 aromatic carbocycles. The minimum Gasteiger partial charge on any atom is -0.325 e. The van der Waals surface area contributed by atoms with E-state index in [4.69, 9.17) is 5.73 Å². The van der Waals surface area contributed by atoms with Gasteiger partial charge in [0.25, 0.3) is 0 Å². The number of nitrogens with one attached hydrogen (secondary N) is 1. The van der Waals surface area contributed by atoms with Gasteiger partial charge < -0.3 is 11.1 Å². The zero-order valence-electron chi connectivity index (χ0n) is 12.4. The normalized spacial score (nSPS) is 25.3. The first-order chi connectivity index (χ1) is 8.54. The lowest BCUT2D eigenvalue weighted by atomic mass is 9.75. The van der Waals surface area contributed by atoms with Crippen molar-refractivity contribution >= 4 is 0 Å². The SMILES string of the molecule is CC(C)CC1(CNCCC2(N)CCC2)CCCC1. The van der Waals surface area contributed by atoms with Gasteiger partial charge in [-0.05, 0) is 62.8 Å². The molecule has 0 amide bonds. The molecule has 0 radical (unpaired) electrons. The van der Waals surface area contributed by atoms with Gasteiger partial charge in [-0.3, -0.25) is 0 Å². The van der Waals surface area contributed by atoms with Gasteiger partial charge in [-0.15, -0.1) is 0 Å². The topological polar surface area (TPSA) is 38.0 Å². The molecule has 0 bridgehead atoms. The van der Waals surface area contributed by atoms with Crippen molar-refractivity contribution in [3.8, 4) is 0 Å². The Morgan fingerprint density at radius 3 is 2.22 bits per heavy atom. The Morgan fingerprint density at radius 2 is 1.72 bits per heavy atom. The molecule has 2 aliphatic carbocycles. The minimum atomic E-state index is 0.188. The van der Waals surface area contributed by atoms with Crippen LogP contribution in [0.5, 0.6) is 0 Å². The van der Waals surface area contributed by atoms with Crippen LogP contribution in [0.4, 0.5) is 0 Å². The Balaban J connectivity index is 1.69. The number of nitrogens with two attached hydrogens (primary N) is 1. The lowest BCUT2D eigenvalue weighted by molar-refractivity contribution is 0.203. The monoisotopic (exact) mass is 252 g/mol. The third kappa shape index (κ3) is 3.71. The molecule has 0 aliphatic heterocycles. The predicted octanol–water partition coefficient (Wildman–Crippen LogP) is 3.45. The molecule has 2 heteroatoms. The van der Waals surface area contributed by atoms with Gasteiger partial charge in [-0.2, -0.15) is 0 Å². The molecule has 0 spiro atoms. The van der Waals surface area contributed by atoms with Gasteiger partial charge in [0.15, 0.2) is 0 Å². The van der Waals surface area contributed by atoms with Crippen LogP contribution >= 0.6 is 0 Å². The van der Waals surface area contributed by atoms with Crippen molar-refractivity contribution in [2.24, 2.45) is 17.1 Å². The van der Waals surface area contributed by atoms with Crippen molar-refractivity contribution in [2.45, 2.75) is 77.2 Å². The summed E-state index contributed by atoms with van der Waals surface area (Å²) in [7, 11) is 0. The molecule has 2 aliphatic rings. The number of hydrogen-bond acceptors (Lipinski definition) is 2. The molecule has 2 nitrogen and oxygen atoms in total. The molecule has 0 aromatic rings. The van der Waals surface area contributed by atoms with Crippen LogP contribution in [0.1, 0.15) is 71.6 Å². The van der Waals surface area contributed by atoms with Gasteiger partial charge in [0, 0.05) is 12.1 Å². The molecular formula is C16H32N2.